The Hall–Kier alpha value is -4.08. The maximum atomic E-state index is 12.9. The van der Waals surface area contributed by atoms with Gasteiger partial charge in [-0.05, 0) is 42.8 Å². The maximum Gasteiger partial charge on any atom is 0.256 e. The van der Waals surface area contributed by atoms with Gasteiger partial charge in [0.15, 0.2) is 5.65 Å². The second-order valence-corrected chi connectivity index (χ2v) is 8.97. The summed E-state index contributed by atoms with van der Waals surface area (Å²) in [5.41, 5.74) is 3.28. The molecule has 5 rings (SSSR count). The molecule has 0 radical (unpaired) electrons. The molecule has 1 fully saturated rings. The van der Waals surface area contributed by atoms with Gasteiger partial charge < -0.3 is 15.4 Å². The third kappa shape index (κ3) is 5.84. The summed E-state index contributed by atoms with van der Waals surface area (Å²) in [4.78, 5) is 37.2. The number of carbonyl (C=O) groups excluding carboxylic acids is 1. The lowest BCUT2D eigenvalue weighted by atomic mass is 10.1. The fourth-order valence-electron chi connectivity index (χ4n) is 4.39. The molecule has 2 aromatic carbocycles. The van der Waals surface area contributed by atoms with Gasteiger partial charge >= 0.3 is 0 Å². The van der Waals surface area contributed by atoms with Gasteiger partial charge in [0.2, 0.25) is 5.95 Å². The second kappa shape index (κ2) is 11.3. The van der Waals surface area contributed by atoms with E-state index in [-0.39, 0.29) is 11.5 Å². The predicted molar refractivity (Wildman–Crippen MR) is 143 cm³/mol. The van der Waals surface area contributed by atoms with Gasteiger partial charge in [-0.1, -0.05) is 30.3 Å². The van der Waals surface area contributed by atoms with Crippen LogP contribution in [-0.4, -0.2) is 64.7 Å². The number of nitrogens with zero attached hydrogens (tertiary/aromatic N) is 4. The molecule has 1 amide bonds. The number of aromatic nitrogens is 3. The van der Waals surface area contributed by atoms with Crippen LogP contribution in [0.2, 0.25) is 0 Å². The monoisotopic (exact) mass is 498 g/mol. The zero-order valence-corrected chi connectivity index (χ0v) is 20.8. The van der Waals surface area contributed by atoms with Crippen molar-refractivity contribution >= 4 is 22.9 Å². The highest BCUT2D eigenvalue weighted by Crippen LogP contribution is 2.19. The van der Waals surface area contributed by atoms with Crippen LogP contribution < -0.4 is 16.2 Å². The third-order valence-corrected chi connectivity index (χ3v) is 6.44. The summed E-state index contributed by atoms with van der Waals surface area (Å²) in [6.45, 7) is 7.25. The number of rotatable bonds is 8. The normalized spacial score (nSPS) is 14.0. The molecular formula is C28H30N6O3. The summed E-state index contributed by atoms with van der Waals surface area (Å²) < 4.78 is 6.96. The first-order valence-electron chi connectivity index (χ1n) is 12.5. The number of carbonyl (C=O) groups is 1. The van der Waals surface area contributed by atoms with Crippen molar-refractivity contribution in [3.63, 3.8) is 0 Å². The number of fused-ring (bicyclic) bond motifs is 1. The first-order valence-corrected chi connectivity index (χ1v) is 12.5. The summed E-state index contributed by atoms with van der Waals surface area (Å²) >= 11 is 0. The van der Waals surface area contributed by atoms with Crippen LogP contribution in [0.1, 0.15) is 21.6 Å². The molecule has 0 spiro atoms. The summed E-state index contributed by atoms with van der Waals surface area (Å²) in [5.74, 6) is 0.306. The third-order valence-electron chi connectivity index (χ3n) is 6.44. The Kier molecular flexibility index (Phi) is 7.53. The minimum absolute atomic E-state index is 0.175. The number of anilines is 1. The Morgan fingerprint density at radius 1 is 0.973 bits per heavy atom. The molecule has 0 aliphatic carbocycles. The van der Waals surface area contributed by atoms with Crippen molar-refractivity contribution in [3.8, 4) is 5.69 Å². The molecule has 3 heterocycles. The number of ether oxygens (including phenoxy) is 1. The van der Waals surface area contributed by atoms with Gasteiger partial charge in [-0.25, -0.2) is 4.98 Å². The first-order chi connectivity index (χ1) is 18.1. The van der Waals surface area contributed by atoms with Gasteiger partial charge in [0.25, 0.3) is 11.5 Å². The van der Waals surface area contributed by atoms with Crippen LogP contribution in [0.15, 0.2) is 71.5 Å². The molecule has 1 saturated heterocycles. The molecule has 4 aromatic rings. The molecular weight excluding hydrogens is 468 g/mol. The van der Waals surface area contributed by atoms with Crippen LogP contribution in [0.3, 0.4) is 0 Å². The van der Waals surface area contributed by atoms with E-state index in [4.69, 9.17) is 9.72 Å². The van der Waals surface area contributed by atoms with E-state index in [1.54, 1.807) is 34.9 Å². The van der Waals surface area contributed by atoms with Crippen LogP contribution in [-0.2, 0) is 11.3 Å². The fourth-order valence-corrected chi connectivity index (χ4v) is 4.39. The Labute approximate surface area is 215 Å². The van der Waals surface area contributed by atoms with Crippen LogP contribution in [0.5, 0.6) is 0 Å². The fraction of sp³-hybridized carbons (Fsp3) is 0.286. The number of pyridine rings is 1. The molecule has 190 valence electrons. The van der Waals surface area contributed by atoms with Crippen LogP contribution in [0.4, 0.5) is 5.95 Å². The van der Waals surface area contributed by atoms with Crippen molar-refractivity contribution in [2.24, 2.45) is 0 Å². The van der Waals surface area contributed by atoms with E-state index < -0.39 is 0 Å². The number of aryl methyl sites for hydroxylation is 1. The van der Waals surface area contributed by atoms with Crippen LogP contribution in [0.25, 0.3) is 16.7 Å². The smallest absolute Gasteiger partial charge is 0.256 e. The van der Waals surface area contributed by atoms with Crippen molar-refractivity contribution in [3.05, 3.63) is 93.9 Å². The SMILES string of the molecule is Cc1nc(NCCN2CCOCC2)nc2c1ccc(=O)n2-c1ccc(C(=O)NCc2ccccc2)cc1. The second-order valence-electron chi connectivity index (χ2n) is 8.97. The van der Waals surface area contributed by atoms with Gasteiger partial charge in [-0.15, -0.1) is 0 Å². The molecule has 1 aliphatic rings. The summed E-state index contributed by atoms with van der Waals surface area (Å²) in [5, 5.41) is 7.02. The summed E-state index contributed by atoms with van der Waals surface area (Å²) in [6.07, 6.45) is 0. The predicted octanol–water partition coefficient (Wildman–Crippen LogP) is 2.76. The highest BCUT2D eigenvalue weighted by atomic mass is 16.5. The van der Waals surface area contributed by atoms with E-state index in [1.165, 1.54) is 6.07 Å². The number of nitrogens with one attached hydrogen (secondary N) is 2. The van der Waals surface area contributed by atoms with Gasteiger partial charge in [-0.2, -0.15) is 4.98 Å². The average Bonchev–Trinajstić information content (AvgIpc) is 2.93. The highest BCUT2D eigenvalue weighted by Gasteiger charge is 2.14. The standard InChI is InChI=1S/C28H30N6O3/c1-20-24-11-12-25(35)34(26(24)32-28(31-20)29-13-14-33-15-17-37-18-16-33)23-9-7-22(8-10-23)27(36)30-19-21-5-3-2-4-6-21/h2-12H,13-19H2,1H3,(H,30,36)(H,29,31,32). The van der Waals surface area contributed by atoms with Gasteiger partial charge in [-0.3, -0.25) is 19.1 Å². The zero-order valence-electron chi connectivity index (χ0n) is 20.8. The number of amides is 1. The minimum Gasteiger partial charge on any atom is -0.379 e. The van der Waals surface area contributed by atoms with Crippen molar-refractivity contribution < 1.29 is 9.53 Å². The van der Waals surface area contributed by atoms with Gasteiger partial charge in [0.05, 0.1) is 24.6 Å². The topological polar surface area (TPSA) is 101 Å². The molecule has 0 unspecified atom stereocenters. The number of hydrogen-bond donors (Lipinski definition) is 2. The van der Waals surface area contributed by atoms with Crippen molar-refractivity contribution in [1.82, 2.24) is 24.8 Å². The summed E-state index contributed by atoms with van der Waals surface area (Å²) in [7, 11) is 0. The van der Waals surface area contributed by atoms with E-state index in [1.807, 2.05) is 37.3 Å². The number of hydrogen-bond acceptors (Lipinski definition) is 7. The van der Waals surface area contributed by atoms with E-state index >= 15 is 0 Å². The van der Waals surface area contributed by atoms with Crippen molar-refractivity contribution in [2.75, 3.05) is 44.7 Å². The first kappa shape index (κ1) is 24.6. The molecule has 1 aliphatic heterocycles. The Bertz CT molecular complexity index is 1430. The molecule has 0 saturated carbocycles. The molecule has 9 nitrogen and oxygen atoms in total. The molecule has 37 heavy (non-hydrogen) atoms. The molecule has 2 N–H and O–H groups in total. The van der Waals surface area contributed by atoms with Crippen molar-refractivity contribution in [2.45, 2.75) is 13.5 Å². The number of morpholine rings is 1. The quantitative estimate of drug-likeness (QED) is 0.385. The van der Waals surface area contributed by atoms with Crippen LogP contribution in [0, 0.1) is 6.92 Å². The van der Waals surface area contributed by atoms with Crippen molar-refractivity contribution in [1.29, 1.82) is 0 Å². The molecule has 9 heteroatoms. The van der Waals surface area contributed by atoms with E-state index in [2.05, 4.69) is 20.5 Å². The Balaban J connectivity index is 1.35. The molecule has 2 aromatic heterocycles. The highest BCUT2D eigenvalue weighted by molar-refractivity contribution is 5.94. The van der Waals surface area contributed by atoms with E-state index in [0.717, 1.165) is 49.5 Å². The Morgan fingerprint density at radius 3 is 2.49 bits per heavy atom. The zero-order chi connectivity index (χ0) is 25.6. The van der Waals surface area contributed by atoms with E-state index in [0.29, 0.717) is 35.9 Å². The van der Waals surface area contributed by atoms with Gasteiger partial charge in [0, 0.05) is 49.7 Å². The lowest BCUT2D eigenvalue weighted by molar-refractivity contribution is 0.0398. The minimum atomic E-state index is -0.203. The van der Waals surface area contributed by atoms with Gasteiger partial charge in [0.1, 0.15) is 0 Å². The van der Waals surface area contributed by atoms with E-state index in [9.17, 15) is 9.59 Å². The maximum absolute atomic E-state index is 12.9. The number of benzene rings is 2. The van der Waals surface area contributed by atoms with Crippen LogP contribution >= 0.6 is 0 Å². The average molecular weight is 499 g/mol. The molecule has 0 bridgehead atoms. The largest absolute Gasteiger partial charge is 0.379 e. The Morgan fingerprint density at radius 2 is 1.73 bits per heavy atom. The lowest BCUT2D eigenvalue weighted by Crippen LogP contribution is -2.39. The summed E-state index contributed by atoms with van der Waals surface area (Å²) in [6, 6.07) is 20.0. The molecule has 0 atom stereocenters. The lowest BCUT2D eigenvalue weighted by Gasteiger charge is -2.26.